The first-order chi connectivity index (χ1) is 10.5. The molecule has 4 heteroatoms. The van der Waals surface area contributed by atoms with Gasteiger partial charge in [-0.3, -0.25) is 0 Å². The van der Waals surface area contributed by atoms with Gasteiger partial charge >= 0.3 is 0 Å². The Kier molecular flexibility index (Phi) is 3.38. The Morgan fingerprint density at radius 2 is 2.18 bits per heavy atom. The van der Waals surface area contributed by atoms with Gasteiger partial charge in [-0.05, 0) is 67.7 Å². The molecule has 2 unspecified atom stereocenters. The maximum Gasteiger partial charge on any atom is 0.130 e. The predicted molar refractivity (Wildman–Crippen MR) is 89.6 cm³/mol. The van der Waals surface area contributed by atoms with Crippen LogP contribution in [0.3, 0.4) is 0 Å². The third kappa shape index (κ3) is 2.07. The zero-order valence-corrected chi connectivity index (χ0v) is 14.3. The molecule has 3 fully saturated rings. The molecule has 2 saturated carbocycles. The number of Topliss-reactive ketones (excluding diaryl/α,β-unsaturated/α-hetero) is 1. The van der Waals surface area contributed by atoms with Gasteiger partial charge in [0.2, 0.25) is 0 Å². The third-order valence-corrected chi connectivity index (χ3v) is 7.01. The summed E-state index contributed by atoms with van der Waals surface area (Å²) in [6, 6.07) is 6.15. The van der Waals surface area contributed by atoms with E-state index in [-0.39, 0.29) is 5.41 Å². The fraction of sp³-hybridized carbons (Fsp3) is 0.611. The van der Waals surface area contributed by atoms with E-state index in [2.05, 4.69) is 17.4 Å². The van der Waals surface area contributed by atoms with Crippen LogP contribution in [0.1, 0.15) is 38.2 Å². The van der Waals surface area contributed by atoms with E-state index in [1.165, 1.54) is 18.4 Å². The lowest BCUT2D eigenvalue weighted by Gasteiger charge is -2.32. The number of carbonyl (C=O) groups excluding carboxylic acids is 1. The molecule has 2 aliphatic carbocycles. The summed E-state index contributed by atoms with van der Waals surface area (Å²) in [7, 11) is 0. The van der Waals surface area contributed by atoms with E-state index >= 15 is 0 Å². The van der Waals surface area contributed by atoms with Crippen molar-refractivity contribution in [1.29, 1.82) is 0 Å². The van der Waals surface area contributed by atoms with Crippen molar-refractivity contribution in [2.45, 2.75) is 38.0 Å². The lowest BCUT2D eigenvalue weighted by atomic mass is 9.77. The average Bonchev–Trinajstić information content (AvgIpc) is 3.34. The number of hydrogen-bond acceptors (Lipinski definition) is 2. The van der Waals surface area contributed by atoms with E-state index in [1.807, 2.05) is 6.07 Å². The molecule has 118 valence electrons. The molecule has 1 N–H and O–H groups in total. The monoisotopic (exact) mass is 337 g/mol. The van der Waals surface area contributed by atoms with Gasteiger partial charge in [-0.1, -0.05) is 29.3 Å². The van der Waals surface area contributed by atoms with Gasteiger partial charge in [0, 0.05) is 18.4 Å². The highest BCUT2D eigenvalue weighted by Crippen LogP contribution is 2.77. The van der Waals surface area contributed by atoms with Crippen molar-refractivity contribution < 1.29 is 4.79 Å². The number of fused-ring (bicyclic) bond motifs is 1. The largest absolute Gasteiger partial charge is 0.316 e. The summed E-state index contributed by atoms with van der Waals surface area (Å²) in [6.07, 6.45) is 4.35. The van der Waals surface area contributed by atoms with Crippen LogP contribution in [0.5, 0.6) is 0 Å². The molecule has 22 heavy (non-hydrogen) atoms. The van der Waals surface area contributed by atoms with Crippen molar-refractivity contribution in [3.8, 4) is 0 Å². The van der Waals surface area contributed by atoms with Gasteiger partial charge in [-0.2, -0.15) is 0 Å². The van der Waals surface area contributed by atoms with E-state index in [0.29, 0.717) is 33.1 Å². The van der Waals surface area contributed by atoms with Crippen molar-refractivity contribution in [3.63, 3.8) is 0 Å². The van der Waals surface area contributed by atoms with Crippen LogP contribution in [-0.2, 0) is 10.2 Å². The molecular weight excluding hydrogens is 317 g/mol. The van der Waals surface area contributed by atoms with Crippen molar-refractivity contribution in [2.75, 3.05) is 13.1 Å². The Hall–Kier alpha value is -0.570. The Balaban J connectivity index is 1.63. The van der Waals surface area contributed by atoms with Crippen molar-refractivity contribution >= 4 is 29.0 Å². The van der Waals surface area contributed by atoms with Crippen LogP contribution in [0.4, 0.5) is 0 Å². The first kappa shape index (κ1) is 15.0. The standard InChI is InChI=1S/C18H21Cl2NO/c1-11(22)6-12-7-14(12)18-9-17(18,4-5-21-10-18)13-2-3-15(19)16(20)8-13/h2-3,8,12,14,21H,4-7,9-10H2,1H3/t12?,14?,17-,18-/m1/s1. The van der Waals surface area contributed by atoms with Crippen molar-refractivity contribution in [3.05, 3.63) is 33.8 Å². The van der Waals surface area contributed by atoms with Gasteiger partial charge in [0.1, 0.15) is 5.78 Å². The van der Waals surface area contributed by atoms with E-state index in [1.54, 1.807) is 6.92 Å². The molecule has 0 bridgehead atoms. The Bertz CT molecular complexity index is 646. The van der Waals surface area contributed by atoms with Crippen LogP contribution in [-0.4, -0.2) is 18.9 Å². The highest BCUT2D eigenvalue weighted by Gasteiger charge is 2.75. The van der Waals surface area contributed by atoms with E-state index in [4.69, 9.17) is 23.2 Å². The summed E-state index contributed by atoms with van der Waals surface area (Å²) in [5, 5.41) is 4.87. The van der Waals surface area contributed by atoms with Gasteiger partial charge in [0.25, 0.3) is 0 Å². The molecule has 1 aromatic rings. The van der Waals surface area contributed by atoms with Crippen LogP contribution < -0.4 is 5.32 Å². The first-order valence-corrected chi connectivity index (χ1v) is 8.90. The molecule has 1 aromatic carbocycles. The fourth-order valence-corrected chi connectivity index (χ4v) is 5.44. The lowest BCUT2D eigenvalue weighted by molar-refractivity contribution is -0.117. The molecule has 1 saturated heterocycles. The molecule has 4 rings (SSSR count). The summed E-state index contributed by atoms with van der Waals surface area (Å²) in [5.74, 6) is 1.62. The minimum absolute atomic E-state index is 0.253. The molecule has 4 atom stereocenters. The first-order valence-electron chi connectivity index (χ1n) is 8.14. The zero-order chi connectivity index (χ0) is 15.5. The average molecular weight is 338 g/mol. The SMILES string of the molecule is CC(=O)CC1CC1[C@@]12CNCC[C@]1(c1ccc(Cl)c(Cl)c1)C2. The van der Waals surface area contributed by atoms with E-state index in [9.17, 15) is 4.79 Å². The van der Waals surface area contributed by atoms with Gasteiger partial charge < -0.3 is 10.1 Å². The molecule has 0 spiro atoms. The van der Waals surface area contributed by atoms with Crippen LogP contribution in [0.25, 0.3) is 0 Å². The smallest absolute Gasteiger partial charge is 0.130 e. The van der Waals surface area contributed by atoms with Gasteiger partial charge in [-0.15, -0.1) is 0 Å². The second-order valence-electron chi connectivity index (χ2n) is 7.48. The second kappa shape index (κ2) is 4.96. The quantitative estimate of drug-likeness (QED) is 0.890. The minimum atomic E-state index is 0.253. The molecular formula is C18H21Cl2NO. The minimum Gasteiger partial charge on any atom is -0.316 e. The summed E-state index contributed by atoms with van der Waals surface area (Å²) < 4.78 is 0. The van der Waals surface area contributed by atoms with Crippen LogP contribution in [0.2, 0.25) is 10.0 Å². The maximum atomic E-state index is 11.4. The van der Waals surface area contributed by atoms with Gasteiger partial charge in [-0.25, -0.2) is 0 Å². The predicted octanol–water partition coefficient (Wildman–Crippen LogP) is 4.23. The molecule has 0 aromatic heterocycles. The van der Waals surface area contributed by atoms with Crippen molar-refractivity contribution in [1.82, 2.24) is 5.32 Å². The Morgan fingerprint density at radius 3 is 2.91 bits per heavy atom. The Labute approximate surface area is 141 Å². The number of carbonyl (C=O) groups is 1. The number of piperidine rings is 1. The van der Waals surface area contributed by atoms with Crippen LogP contribution in [0.15, 0.2) is 18.2 Å². The van der Waals surface area contributed by atoms with Crippen LogP contribution >= 0.6 is 23.2 Å². The van der Waals surface area contributed by atoms with E-state index in [0.717, 1.165) is 25.9 Å². The van der Waals surface area contributed by atoms with Crippen LogP contribution in [0, 0.1) is 17.3 Å². The number of hydrogen-bond donors (Lipinski definition) is 1. The molecule has 0 amide bonds. The van der Waals surface area contributed by atoms with Gasteiger partial charge in [0.05, 0.1) is 10.0 Å². The molecule has 3 aliphatic rings. The highest BCUT2D eigenvalue weighted by atomic mass is 35.5. The summed E-state index contributed by atoms with van der Waals surface area (Å²) in [4.78, 5) is 11.4. The number of nitrogens with one attached hydrogen (secondary N) is 1. The zero-order valence-electron chi connectivity index (χ0n) is 12.8. The summed E-state index contributed by atoms with van der Waals surface area (Å²) >= 11 is 12.3. The number of ketones is 1. The third-order valence-electron chi connectivity index (χ3n) is 6.27. The summed E-state index contributed by atoms with van der Waals surface area (Å²) in [6.45, 7) is 3.85. The molecule has 0 radical (unpaired) electrons. The molecule has 1 heterocycles. The lowest BCUT2D eigenvalue weighted by Crippen LogP contribution is -2.40. The maximum absolute atomic E-state index is 11.4. The highest BCUT2D eigenvalue weighted by molar-refractivity contribution is 6.42. The number of halogens is 2. The van der Waals surface area contributed by atoms with Gasteiger partial charge in [0.15, 0.2) is 0 Å². The topological polar surface area (TPSA) is 29.1 Å². The molecule has 1 aliphatic heterocycles. The second-order valence-corrected chi connectivity index (χ2v) is 8.29. The van der Waals surface area contributed by atoms with Crippen molar-refractivity contribution in [2.24, 2.45) is 17.3 Å². The summed E-state index contributed by atoms with van der Waals surface area (Å²) in [5.41, 5.74) is 1.93. The number of benzene rings is 1. The fourth-order valence-electron chi connectivity index (χ4n) is 5.14. The number of rotatable bonds is 4. The van der Waals surface area contributed by atoms with E-state index < -0.39 is 0 Å². The normalized spacial score (nSPS) is 39.2. The molecule has 2 nitrogen and oxygen atoms in total. The Morgan fingerprint density at radius 1 is 1.36 bits per heavy atom.